The number of hydrogen-bond acceptors (Lipinski definition) is 3. The molecule has 0 saturated carbocycles. The van der Waals surface area contributed by atoms with Crippen LogP contribution < -0.4 is 5.32 Å². The number of likely N-dealkylation sites (tertiary alicyclic amines) is 1. The van der Waals surface area contributed by atoms with E-state index in [1.165, 1.54) is 7.11 Å². The van der Waals surface area contributed by atoms with Gasteiger partial charge in [-0.15, -0.1) is 0 Å². The highest BCUT2D eigenvalue weighted by Crippen LogP contribution is 2.19. The molecular weight excluding hydrogens is 328 g/mol. The number of amides is 2. The maximum absolute atomic E-state index is 12.5. The summed E-state index contributed by atoms with van der Waals surface area (Å²) < 4.78 is 4.89. The number of rotatable bonds is 5. The molecule has 0 bridgehead atoms. The first kappa shape index (κ1) is 18.1. The molecule has 0 radical (unpaired) electrons. The number of carbonyl (C=O) groups is 2. The summed E-state index contributed by atoms with van der Waals surface area (Å²) in [6.45, 7) is 1.42. The largest absolute Gasteiger partial charge is 0.375 e. The van der Waals surface area contributed by atoms with Gasteiger partial charge in [0.2, 0.25) is 5.91 Å². The van der Waals surface area contributed by atoms with E-state index in [1.54, 1.807) is 4.90 Å². The van der Waals surface area contributed by atoms with Gasteiger partial charge in [-0.25, -0.2) is 0 Å². The minimum absolute atomic E-state index is 0.00813. The van der Waals surface area contributed by atoms with Gasteiger partial charge in [-0.3, -0.25) is 9.59 Å². The highest BCUT2D eigenvalue weighted by atomic mass is 16.5. The Hall–Kier alpha value is -2.66. The summed E-state index contributed by atoms with van der Waals surface area (Å²) in [6.07, 6.45) is 1.53. The number of benzene rings is 2. The number of carbonyl (C=O) groups excluding carboxylic acids is 2. The van der Waals surface area contributed by atoms with E-state index in [4.69, 9.17) is 4.74 Å². The topological polar surface area (TPSA) is 58.6 Å². The van der Waals surface area contributed by atoms with Crippen molar-refractivity contribution in [1.82, 2.24) is 10.2 Å². The third kappa shape index (κ3) is 4.49. The first-order valence-electron chi connectivity index (χ1n) is 8.90. The van der Waals surface area contributed by atoms with Crippen LogP contribution in [0.4, 0.5) is 0 Å². The third-order valence-electron chi connectivity index (χ3n) is 4.70. The molecule has 0 atom stereocenters. The molecule has 1 fully saturated rings. The van der Waals surface area contributed by atoms with Gasteiger partial charge in [-0.1, -0.05) is 42.5 Å². The van der Waals surface area contributed by atoms with Crippen molar-refractivity contribution < 1.29 is 14.3 Å². The summed E-state index contributed by atoms with van der Waals surface area (Å²) in [5, 5.41) is 3.08. The molecule has 2 amide bonds. The van der Waals surface area contributed by atoms with Gasteiger partial charge >= 0.3 is 0 Å². The molecule has 2 aromatic carbocycles. The molecule has 1 heterocycles. The molecule has 1 aliphatic rings. The molecule has 1 N–H and O–H groups in total. The van der Waals surface area contributed by atoms with E-state index in [9.17, 15) is 9.59 Å². The lowest BCUT2D eigenvalue weighted by Gasteiger charge is -2.32. The van der Waals surface area contributed by atoms with Crippen molar-refractivity contribution in [3.8, 4) is 11.1 Å². The van der Waals surface area contributed by atoms with Crippen molar-refractivity contribution in [3.05, 3.63) is 60.2 Å². The van der Waals surface area contributed by atoms with Gasteiger partial charge in [-0.2, -0.15) is 0 Å². The Labute approximate surface area is 154 Å². The second kappa shape index (κ2) is 8.63. The molecule has 0 aromatic heterocycles. The fraction of sp³-hybridized carbons (Fsp3) is 0.333. The predicted octanol–water partition coefficient (Wildman–Crippen LogP) is 2.72. The number of piperidine rings is 1. The predicted molar refractivity (Wildman–Crippen MR) is 101 cm³/mol. The van der Waals surface area contributed by atoms with Crippen LogP contribution in [-0.2, 0) is 9.53 Å². The molecule has 2 aromatic rings. The Morgan fingerprint density at radius 3 is 2.23 bits per heavy atom. The summed E-state index contributed by atoms with van der Waals surface area (Å²) in [5.41, 5.74) is 2.88. The van der Waals surface area contributed by atoms with E-state index in [1.807, 2.05) is 54.6 Å². The van der Waals surface area contributed by atoms with Gasteiger partial charge in [0.25, 0.3) is 5.91 Å². The number of nitrogens with zero attached hydrogens (tertiary/aromatic N) is 1. The average Bonchev–Trinajstić information content (AvgIpc) is 2.69. The van der Waals surface area contributed by atoms with Crippen LogP contribution in [0, 0.1) is 0 Å². The van der Waals surface area contributed by atoms with Crippen molar-refractivity contribution in [2.75, 3.05) is 26.8 Å². The van der Waals surface area contributed by atoms with Crippen LogP contribution in [0.15, 0.2) is 54.6 Å². The van der Waals surface area contributed by atoms with Crippen molar-refractivity contribution >= 4 is 11.8 Å². The number of nitrogens with one attached hydrogen (secondary N) is 1. The van der Waals surface area contributed by atoms with Gasteiger partial charge in [0.1, 0.15) is 6.61 Å². The number of methoxy groups -OCH3 is 1. The molecule has 3 rings (SSSR count). The zero-order valence-corrected chi connectivity index (χ0v) is 15.0. The monoisotopic (exact) mass is 352 g/mol. The highest BCUT2D eigenvalue weighted by Gasteiger charge is 2.23. The Morgan fingerprint density at radius 2 is 1.62 bits per heavy atom. The van der Waals surface area contributed by atoms with Crippen molar-refractivity contribution in [2.45, 2.75) is 18.9 Å². The van der Waals surface area contributed by atoms with Crippen LogP contribution in [0.3, 0.4) is 0 Å². The Kier molecular flexibility index (Phi) is 6.02. The smallest absolute Gasteiger partial charge is 0.251 e. The molecule has 5 nitrogen and oxygen atoms in total. The Bertz CT molecular complexity index is 736. The molecule has 0 aliphatic carbocycles. The van der Waals surface area contributed by atoms with Gasteiger partial charge in [0, 0.05) is 31.8 Å². The second-order valence-electron chi connectivity index (χ2n) is 6.50. The lowest BCUT2D eigenvalue weighted by atomic mass is 10.0. The van der Waals surface area contributed by atoms with Crippen LogP contribution in [0.25, 0.3) is 11.1 Å². The van der Waals surface area contributed by atoms with Crippen LogP contribution in [0.5, 0.6) is 0 Å². The molecule has 5 heteroatoms. The maximum Gasteiger partial charge on any atom is 0.251 e. The molecule has 26 heavy (non-hydrogen) atoms. The quantitative estimate of drug-likeness (QED) is 0.900. The van der Waals surface area contributed by atoms with Gasteiger partial charge < -0.3 is 15.0 Å². The van der Waals surface area contributed by atoms with E-state index in [0.29, 0.717) is 18.7 Å². The van der Waals surface area contributed by atoms with E-state index >= 15 is 0 Å². The van der Waals surface area contributed by atoms with Crippen LogP contribution >= 0.6 is 0 Å². The number of hydrogen-bond donors (Lipinski definition) is 1. The minimum atomic E-state index is -0.0636. The zero-order valence-electron chi connectivity index (χ0n) is 15.0. The highest BCUT2D eigenvalue weighted by molar-refractivity contribution is 5.94. The minimum Gasteiger partial charge on any atom is -0.375 e. The summed E-state index contributed by atoms with van der Waals surface area (Å²) in [7, 11) is 1.52. The second-order valence-corrected chi connectivity index (χ2v) is 6.50. The molecule has 136 valence electrons. The van der Waals surface area contributed by atoms with E-state index in [0.717, 1.165) is 24.0 Å². The van der Waals surface area contributed by atoms with Crippen LogP contribution in [0.2, 0.25) is 0 Å². The molecule has 0 spiro atoms. The van der Waals surface area contributed by atoms with E-state index in [2.05, 4.69) is 5.32 Å². The molecular formula is C21H24N2O3. The average molecular weight is 352 g/mol. The lowest BCUT2D eigenvalue weighted by Crippen LogP contribution is -2.47. The number of ether oxygens (including phenoxy) is 1. The van der Waals surface area contributed by atoms with Crippen LogP contribution in [-0.4, -0.2) is 49.6 Å². The Balaban J connectivity index is 1.53. The van der Waals surface area contributed by atoms with Gasteiger partial charge in [-0.05, 0) is 36.1 Å². The third-order valence-corrected chi connectivity index (χ3v) is 4.70. The van der Waals surface area contributed by atoms with E-state index in [-0.39, 0.29) is 24.5 Å². The van der Waals surface area contributed by atoms with Gasteiger partial charge in [0.05, 0.1) is 0 Å². The van der Waals surface area contributed by atoms with E-state index < -0.39 is 0 Å². The first-order valence-corrected chi connectivity index (χ1v) is 8.90. The molecule has 0 unspecified atom stereocenters. The maximum atomic E-state index is 12.5. The zero-order chi connectivity index (χ0) is 18.4. The van der Waals surface area contributed by atoms with Crippen molar-refractivity contribution in [1.29, 1.82) is 0 Å². The fourth-order valence-corrected chi connectivity index (χ4v) is 3.20. The fourth-order valence-electron chi connectivity index (χ4n) is 3.20. The standard InChI is InChI=1S/C21H24N2O3/c1-26-15-20(24)23-13-11-19(12-14-23)22-21(25)18-9-7-17(8-10-18)16-5-3-2-4-6-16/h2-10,19H,11-15H2,1H3,(H,22,25). The van der Waals surface area contributed by atoms with Crippen molar-refractivity contribution in [3.63, 3.8) is 0 Å². The summed E-state index contributed by atoms with van der Waals surface area (Å²) in [5.74, 6) is -0.0555. The lowest BCUT2D eigenvalue weighted by molar-refractivity contribution is -0.136. The Morgan fingerprint density at radius 1 is 1.00 bits per heavy atom. The normalized spacial score (nSPS) is 14.9. The molecule has 1 saturated heterocycles. The van der Waals surface area contributed by atoms with Crippen molar-refractivity contribution in [2.24, 2.45) is 0 Å². The molecule has 1 aliphatic heterocycles. The van der Waals surface area contributed by atoms with Crippen LogP contribution in [0.1, 0.15) is 23.2 Å². The summed E-state index contributed by atoms with van der Waals surface area (Å²) >= 11 is 0. The summed E-state index contributed by atoms with van der Waals surface area (Å²) in [4.78, 5) is 26.1. The SMILES string of the molecule is COCC(=O)N1CCC(NC(=O)c2ccc(-c3ccccc3)cc2)CC1. The van der Waals surface area contributed by atoms with Gasteiger partial charge in [0.15, 0.2) is 0 Å². The first-order chi connectivity index (χ1) is 12.7. The summed E-state index contributed by atoms with van der Waals surface area (Å²) in [6, 6.07) is 17.8.